The van der Waals surface area contributed by atoms with Crippen molar-refractivity contribution in [1.82, 2.24) is 4.90 Å². The number of fused-ring (bicyclic) bond motifs is 2. The molecule has 29 heavy (non-hydrogen) atoms. The van der Waals surface area contributed by atoms with Crippen molar-refractivity contribution in [3.05, 3.63) is 53.1 Å². The summed E-state index contributed by atoms with van der Waals surface area (Å²) in [6.07, 6.45) is 0.867. The average Bonchev–Trinajstić information content (AvgIpc) is 3.46. The molecule has 2 aromatic rings. The van der Waals surface area contributed by atoms with Crippen LogP contribution in [0.5, 0.6) is 17.2 Å². The number of esters is 1. The van der Waals surface area contributed by atoms with E-state index in [0.717, 1.165) is 28.9 Å². The lowest BCUT2D eigenvalue weighted by Gasteiger charge is -2.25. The lowest BCUT2D eigenvalue weighted by Crippen LogP contribution is -2.38. The third-order valence-electron chi connectivity index (χ3n) is 5.41. The second kappa shape index (κ2) is 7.31. The zero-order valence-electron chi connectivity index (χ0n) is 15.9. The molecule has 0 saturated carbocycles. The Morgan fingerprint density at radius 1 is 0.931 bits per heavy atom. The molecule has 0 bridgehead atoms. The second-order valence-electron chi connectivity index (χ2n) is 7.44. The Bertz CT molecular complexity index is 912. The molecule has 7 nitrogen and oxygen atoms in total. The smallest absolute Gasteiger partial charge is 0.306 e. The third-order valence-corrected chi connectivity index (χ3v) is 5.41. The van der Waals surface area contributed by atoms with Gasteiger partial charge in [0.25, 0.3) is 5.91 Å². The molecule has 0 aliphatic carbocycles. The molecule has 0 unspecified atom stereocenters. The Labute approximate surface area is 168 Å². The predicted octanol–water partition coefficient (Wildman–Crippen LogP) is 2.58. The molecule has 0 radical (unpaired) electrons. The molecule has 150 valence electrons. The molecular formula is C22H21NO6. The van der Waals surface area contributed by atoms with Crippen molar-refractivity contribution in [2.75, 3.05) is 13.4 Å². The molecule has 3 aliphatic heterocycles. The number of ether oxygens (including phenoxy) is 4. The van der Waals surface area contributed by atoms with Crippen molar-refractivity contribution in [2.24, 2.45) is 0 Å². The van der Waals surface area contributed by atoms with Crippen LogP contribution in [0.3, 0.4) is 0 Å². The fraction of sp³-hybridized carbons (Fsp3) is 0.364. The molecule has 1 saturated heterocycles. The number of nitrogens with zero attached hydrogens (tertiary/aromatic N) is 1. The maximum atomic E-state index is 13.1. The number of cyclic esters (lactones) is 1. The highest BCUT2D eigenvalue weighted by atomic mass is 16.7. The maximum Gasteiger partial charge on any atom is 0.306 e. The Hall–Kier alpha value is -3.22. The lowest BCUT2D eigenvalue weighted by molar-refractivity contribution is -0.153. The van der Waals surface area contributed by atoms with Gasteiger partial charge in [-0.2, -0.15) is 0 Å². The van der Waals surface area contributed by atoms with Gasteiger partial charge in [-0.3, -0.25) is 9.59 Å². The van der Waals surface area contributed by atoms with Crippen molar-refractivity contribution in [3.8, 4) is 17.2 Å². The van der Waals surface area contributed by atoms with E-state index < -0.39 is 6.10 Å². The molecule has 5 rings (SSSR count). The van der Waals surface area contributed by atoms with E-state index in [0.29, 0.717) is 37.6 Å². The minimum atomic E-state index is -0.714. The van der Waals surface area contributed by atoms with E-state index in [2.05, 4.69) is 6.07 Å². The summed E-state index contributed by atoms with van der Waals surface area (Å²) in [5, 5.41) is 0. The van der Waals surface area contributed by atoms with Gasteiger partial charge in [-0.05, 0) is 34.9 Å². The minimum Gasteiger partial charge on any atom is -0.493 e. The molecule has 0 spiro atoms. The topological polar surface area (TPSA) is 74.3 Å². The van der Waals surface area contributed by atoms with Gasteiger partial charge < -0.3 is 23.8 Å². The fourth-order valence-corrected chi connectivity index (χ4v) is 3.93. The summed E-state index contributed by atoms with van der Waals surface area (Å²) in [7, 11) is 0. The van der Waals surface area contributed by atoms with Crippen LogP contribution >= 0.6 is 0 Å². The summed E-state index contributed by atoms with van der Waals surface area (Å²) >= 11 is 0. The van der Waals surface area contributed by atoms with E-state index >= 15 is 0 Å². The molecule has 3 heterocycles. The third kappa shape index (κ3) is 3.60. The SMILES string of the molecule is O=C1CC[C@H](C(=O)N(Cc2ccc3c(c2)CCO3)Cc2ccc3c(c2)OCO3)O1. The highest BCUT2D eigenvalue weighted by Crippen LogP contribution is 2.33. The van der Waals surface area contributed by atoms with Crippen molar-refractivity contribution < 1.29 is 28.5 Å². The van der Waals surface area contributed by atoms with Gasteiger partial charge in [0.1, 0.15) is 5.75 Å². The summed E-state index contributed by atoms with van der Waals surface area (Å²) in [4.78, 5) is 26.4. The van der Waals surface area contributed by atoms with Crippen molar-refractivity contribution >= 4 is 11.9 Å². The first-order valence-corrected chi connectivity index (χ1v) is 9.77. The average molecular weight is 395 g/mol. The number of amides is 1. The van der Waals surface area contributed by atoms with E-state index in [9.17, 15) is 9.59 Å². The number of benzene rings is 2. The van der Waals surface area contributed by atoms with Gasteiger partial charge in [0.05, 0.1) is 6.61 Å². The molecule has 1 amide bonds. The molecule has 1 atom stereocenters. The molecule has 7 heteroatoms. The van der Waals surface area contributed by atoms with E-state index in [4.69, 9.17) is 18.9 Å². The van der Waals surface area contributed by atoms with Crippen LogP contribution in [0.25, 0.3) is 0 Å². The Morgan fingerprint density at radius 3 is 2.48 bits per heavy atom. The van der Waals surface area contributed by atoms with Crippen LogP contribution in [-0.2, 0) is 33.8 Å². The largest absolute Gasteiger partial charge is 0.493 e. The second-order valence-corrected chi connectivity index (χ2v) is 7.44. The molecule has 0 aromatic heterocycles. The van der Waals surface area contributed by atoms with E-state index in [1.165, 1.54) is 0 Å². The van der Waals surface area contributed by atoms with Gasteiger partial charge in [-0.15, -0.1) is 0 Å². The van der Waals surface area contributed by atoms with Crippen LogP contribution < -0.4 is 14.2 Å². The van der Waals surface area contributed by atoms with Crippen LogP contribution in [0.15, 0.2) is 36.4 Å². The maximum absolute atomic E-state index is 13.1. The van der Waals surface area contributed by atoms with Crippen molar-refractivity contribution in [2.45, 2.75) is 38.5 Å². The van der Waals surface area contributed by atoms with Gasteiger partial charge in [0, 0.05) is 32.4 Å². The summed E-state index contributed by atoms with van der Waals surface area (Å²) in [6.45, 7) is 1.71. The highest BCUT2D eigenvalue weighted by molar-refractivity contribution is 5.86. The first kappa shape index (κ1) is 17.8. The summed E-state index contributed by atoms with van der Waals surface area (Å²) in [5.41, 5.74) is 3.11. The molecule has 3 aliphatic rings. The van der Waals surface area contributed by atoms with Crippen molar-refractivity contribution in [1.29, 1.82) is 0 Å². The van der Waals surface area contributed by atoms with Crippen LogP contribution in [0, 0.1) is 0 Å². The van der Waals surface area contributed by atoms with Gasteiger partial charge in [-0.1, -0.05) is 18.2 Å². The minimum absolute atomic E-state index is 0.176. The van der Waals surface area contributed by atoms with E-state index in [1.54, 1.807) is 4.90 Å². The number of carbonyl (C=O) groups is 2. The Kier molecular flexibility index (Phi) is 4.50. The zero-order valence-corrected chi connectivity index (χ0v) is 15.9. The fourth-order valence-electron chi connectivity index (χ4n) is 3.93. The quantitative estimate of drug-likeness (QED) is 0.725. The van der Waals surface area contributed by atoms with Gasteiger partial charge in [0.2, 0.25) is 6.79 Å². The van der Waals surface area contributed by atoms with Gasteiger partial charge in [0.15, 0.2) is 17.6 Å². The highest BCUT2D eigenvalue weighted by Gasteiger charge is 2.33. The first-order valence-electron chi connectivity index (χ1n) is 9.77. The van der Waals surface area contributed by atoms with E-state index in [-0.39, 0.29) is 25.1 Å². The van der Waals surface area contributed by atoms with Crippen LogP contribution in [0.1, 0.15) is 29.5 Å². The Morgan fingerprint density at radius 2 is 1.69 bits per heavy atom. The molecule has 0 N–H and O–H groups in total. The normalized spacial score (nSPS) is 18.9. The van der Waals surface area contributed by atoms with Crippen LogP contribution in [-0.4, -0.2) is 36.3 Å². The Balaban J connectivity index is 1.39. The lowest BCUT2D eigenvalue weighted by atomic mass is 10.1. The van der Waals surface area contributed by atoms with Crippen LogP contribution in [0.2, 0.25) is 0 Å². The van der Waals surface area contributed by atoms with Crippen LogP contribution in [0.4, 0.5) is 0 Å². The predicted molar refractivity (Wildman–Crippen MR) is 102 cm³/mol. The number of rotatable bonds is 5. The van der Waals surface area contributed by atoms with Gasteiger partial charge in [-0.25, -0.2) is 0 Å². The first-order chi connectivity index (χ1) is 14.2. The zero-order chi connectivity index (χ0) is 19.8. The molecule has 2 aromatic carbocycles. The summed E-state index contributed by atoms with van der Waals surface area (Å²) < 4.78 is 21.6. The molecular weight excluding hydrogens is 374 g/mol. The standard InChI is InChI=1S/C22H21NO6/c24-21-6-5-19(29-21)22(25)23(11-14-1-3-17-16(9-14)7-8-26-17)12-15-2-4-18-20(10-15)28-13-27-18/h1-4,9-10,19H,5-8,11-13H2/t19-/m1/s1. The van der Waals surface area contributed by atoms with Gasteiger partial charge >= 0.3 is 5.97 Å². The van der Waals surface area contributed by atoms with Crippen molar-refractivity contribution in [3.63, 3.8) is 0 Å². The number of hydrogen-bond acceptors (Lipinski definition) is 6. The number of carbonyl (C=O) groups excluding carboxylic acids is 2. The summed E-state index contributed by atoms with van der Waals surface area (Å²) in [6, 6.07) is 11.7. The monoisotopic (exact) mass is 395 g/mol. The molecule has 1 fully saturated rings. The summed E-state index contributed by atoms with van der Waals surface area (Å²) in [5.74, 6) is 1.80. The van der Waals surface area contributed by atoms with E-state index in [1.807, 2.05) is 30.3 Å². The number of hydrogen-bond donors (Lipinski definition) is 0.